The second-order valence-corrected chi connectivity index (χ2v) is 4.15. The van der Waals surface area contributed by atoms with E-state index in [1.54, 1.807) is 6.92 Å². The normalized spacial score (nSPS) is 11.3. The minimum atomic E-state index is -0.984. The van der Waals surface area contributed by atoms with Crippen LogP contribution in [0.2, 0.25) is 0 Å². The maximum atomic E-state index is 10.8. The summed E-state index contributed by atoms with van der Waals surface area (Å²) in [7, 11) is 0. The number of benzene rings is 1. The molecule has 0 heterocycles. The smallest absolute Gasteiger partial charge is 0.331 e. The molecule has 0 amide bonds. The van der Waals surface area contributed by atoms with Crippen LogP contribution in [-0.4, -0.2) is 16.0 Å². The number of hydrogen-bond donors (Lipinski definition) is 1. The van der Waals surface area contributed by atoms with Crippen molar-refractivity contribution in [3.05, 3.63) is 43.9 Å². The fourth-order valence-electron chi connectivity index (χ4n) is 1.28. The van der Waals surface area contributed by atoms with E-state index in [-0.39, 0.29) is 11.3 Å². The Bertz CT molecular complexity index is 496. The molecule has 0 saturated heterocycles. The van der Waals surface area contributed by atoms with Gasteiger partial charge < -0.3 is 5.11 Å². The van der Waals surface area contributed by atoms with Crippen LogP contribution in [0.15, 0.2) is 28.2 Å². The molecule has 1 rings (SSSR count). The number of rotatable bonds is 4. The van der Waals surface area contributed by atoms with Crippen LogP contribution in [0.5, 0.6) is 0 Å². The molecule has 0 bridgehead atoms. The maximum absolute atomic E-state index is 10.8. The van der Waals surface area contributed by atoms with Gasteiger partial charge in [-0.25, -0.2) is 4.79 Å². The number of aliphatic carboxylic acids is 1. The van der Waals surface area contributed by atoms with Crippen LogP contribution >= 0.6 is 15.9 Å². The number of nitrogens with zero attached hydrogens (tertiary/aromatic N) is 1. The van der Waals surface area contributed by atoms with Gasteiger partial charge in [0.1, 0.15) is 0 Å². The van der Waals surface area contributed by atoms with E-state index in [9.17, 15) is 14.9 Å². The molecule has 1 aromatic carbocycles. The van der Waals surface area contributed by atoms with E-state index in [4.69, 9.17) is 5.11 Å². The number of carbonyl (C=O) groups is 1. The van der Waals surface area contributed by atoms with Gasteiger partial charge in [0.2, 0.25) is 0 Å². The number of nitro benzene ring substituents is 1. The monoisotopic (exact) mass is 299 g/mol. The Hall–Kier alpha value is -1.69. The molecule has 0 aliphatic heterocycles. The Morgan fingerprint density at radius 3 is 2.65 bits per heavy atom. The molecule has 0 saturated carbocycles. The first-order chi connectivity index (χ1) is 7.95. The van der Waals surface area contributed by atoms with Crippen LogP contribution in [0.1, 0.15) is 18.9 Å². The summed E-state index contributed by atoms with van der Waals surface area (Å²) in [5.74, 6) is -0.984. The minimum Gasteiger partial charge on any atom is -0.478 e. The molecule has 5 nitrogen and oxygen atoms in total. The van der Waals surface area contributed by atoms with E-state index in [0.29, 0.717) is 16.5 Å². The fraction of sp³-hybridized carbons (Fsp3) is 0.182. The Morgan fingerprint density at radius 1 is 1.59 bits per heavy atom. The Morgan fingerprint density at radius 2 is 2.24 bits per heavy atom. The van der Waals surface area contributed by atoms with Gasteiger partial charge in [-0.1, -0.05) is 6.92 Å². The van der Waals surface area contributed by atoms with Crippen LogP contribution in [0, 0.1) is 10.1 Å². The topological polar surface area (TPSA) is 80.4 Å². The molecule has 0 aromatic heterocycles. The van der Waals surface area contributed by atoms with Crippen LogP contribution in [0.25, 0.3) is 6.08 Å². The summed E-state index contributed by atoms with van der Waals surface area (Å²) in [4.78, 5) is 20.9. The standard InChI is InChI=1S/C11H10BrNO4/c1-2-8(11(14)15)5-7-3-4-10(13(16)17)9(12)6-7/h3-6H,2H2,1H3,(H,14,15)/b8-5+. The maximum Gasteiger partial charge on any atom is 0.331 e. The van der Waals surface area contributed by atoms with Crippen LogP contribution in [0.3, 0.4) is 0 Å². The van der Waals surface area contributed by atoms with Crippen molar-refractivity contribution in [1.29, 1.82) is 0 Å². The SMILES string of the molecule is CC/C(=C\c1ccc([N+](=O)[O-])c(Br)c1)C(=O)O. The predicted octanol–water partition coefficient (Wildman–Crippen LogP) is 3.24. The highest BCUT2D eigenvalue weighted by Gasteiger charge is 2.11. The number of carboxylic acids is 1. The average Bonchev–Trinajstić information content (AvgIpc) is 2.24. The molecule has 0 atom stereocenters. The van der Waals surface area contributed by atoms with Crippen molar-refractivity contribution >= 4 is 33.7 Å². The Balaban J connectivity index is 3.14. The zero-order valence-electron chi connectivity index (χ0n) is 9.01. The zero-order chi connectivity index (χ0) is 13.0. The van der Waals surface area contributed by atoms with Crippen molar-refractivity contribution in [3.8, 4) is 0 Å². The first-order valence-corrected chi connectivity index (χ1v) is 5.62. The van der Waals surface area contributed by atoms with Crippen LogP contribution in [-0.2, 0) is 4.79 Å². The summed E-state index contributed by atoms with van der Waals surface area (Å²) in [5, 5.41) is 19.4. The quantitative estimate of drug-likeness (QED) is 0.526. The average molecular weight is 300 g/mol. The van der Waals surface area contributed by atoms with E-state index < -0.39 is 10.9 Å². The van der Waals surface area contributed by atoms with Crippen molar-refractivity contribution in [2.75, 3.05) is 0 Å². The molecule has 1 N–H and O–H groups in total. The lowest BCUT2D eigenvalue weighted by atomic mass is 10.1. The largest absolute Gasteiger partial charge is 0.478 e. The third kappa shape index (κ3) is 3.39. The molecule has 90 valence electrons. The third-order valence-corrected chi connectivity index (χ3v) is 2.80. The Labute approximate surface area is 106 Å². The lowest BCUT2D eigenvalue weighted by molar-refractivity contribution is -0.385. The second kappa shape index (κ2) is 5.58. The van der Waals surface area contributed by atoms with Gasteiger partial charge in [-0.3, -0.25) is 10.1 Å². The van der Waals surface area contributed by atoms with Gasteiger partial charge in [0.25, 0.3) is 5.69 Å². The van der Waals surface area contributed by atoms with E-state index in [2.05, 4.69) is 15.9 Å². The first kappa shape index (κ1) is 13.4. The molecule has 0 spiro atoms. The summed E-state index contributed by atoms with van der Waals surface area (Å²) in [6.45, 7) is 1.74. The first-order valence-electron chi connectivity index (χ1n) is 4.83. The molecule has 1 aromatic rings. The molecule has 0 fully saturated rings. The highest BCUT2D eigenvalue weighted by atomic mass is 79.9. The van der Waals surface area contributed by atoms with Gasteiger partial charge in [-0.15, -0.1) is 0 Å². The summed E-state index contributed by atoms with van der Waals surface area (Å²) in [6, 6.07) is 4.38. The van der Waals surface area contributed by atoms with Gasteiger partial charge in [0, 0.05) is 11.6 Å². The summed E-state index contributed by atoms with van der Waals surface area (Å²) >= 11 is 3.08. The number of hydrogen-bond acceptors (Lipinski definition) is 3. The Kier molecular flexibility index (Phi) is 4.39. The zero-order valence-corrected chi connectivity index (χ0v) is 10.6. The molecule has 17 heavy (non-hydrogen) atoms. The lowest BCUT2D eigenvalue weighted by Crippen LogP contribution is -1.98. The number of nitro groups is 1. The molecule has 0 aliphatic carbocycles. The molecular formula is C11H10BrNO4. The van der Waals surface area contributed by atoms with E-state index >= 15 is 0 Å². The molecular weight excluding hydrogens is 290 g/mol. The van der Waals surface area contributed by atoms with Crippen molar-refractivity contribution in [2.24, 2.45) is 0 Å². The lowest BCUT2D eigenvalue weighted by Gasteiger charge is -2.00. The van der Waals surface area contributed by atoms with Crippen LogP contribution < -0.4 is 0 Å². The highest BCUT2D eigenvalue weighted by molar-refractivity contribution is 9.10. The van der Waals surface area contributed by atoms with Gasteiger partial charge in [0.15, 0.2) is 0 Å². The molecule has 6 heteroatoms. The van der Waals surface area contributed by atoms with Crippen molar-refractivity contribution in [3.63, 3.8) is 0 Å². The minimum absolute atomic E-state index is 0.0458. The van der Waals surface area contributed by atoms with Crippen molar-refractivity contribution in [2.45, 2.75) is 13.3 Å². The summed E-state index contributed by atoms with van der Waals surface area (Å²) in [6.07, 6.45) is 1.89. The number of carboxylic acid groups (broad SMARTS) is 1. The van der Waals surface area contributed by atoms with E-state index in [1.165, 1.54) is 24.3 Å². The third-order valence-electron chi connectivity index (χ3n) is 2.16. The molecule has 0 radical (unpaired) electrons. The molecule has 0 aliphatic rings. The predicted molar refractivity (Wildman–Crippen MR) is 66.7 cm³/mol. The van der Waals surface area contributed by atoms with Crippen molar-refractivity contribution in [1.82, 2.24) is 0 Å². The summed E-state index contributed by atoms with van der Waals surface area (Å²) in [5.41, 5.74) is 0.822. The number of halogens is 1. The highest BCUT2D eigenvalue weighted by Crippen LogP contribution is 2.26. The van der Waals surface area contributed by atoms with Gasteiger partial charge in [0.05, 0.1) is 9.40 Å². The van der Waals surface area contributed by atoms with E-state index in [1.807, 2.05) is 0 Å². The van der Waals surface area contributed by atoms with Crippen molar-refractivity contribution < 1.29 is 14.8 Å². The second-order valence-electron chi connectivity index (χ2n) is 3.30. The van der Waals surface area contributed by atoms with Gasteiger partial charge in [-0.05, 0) is 46.1 Å². The van der Waals surface area contributed by atoms with E-state index in [0.717, 1.165) is 0 Å². The summed E-state index contributed by atoms with van der Waals surface area (Å²) < 4.78 is 0.331. The molecule has 0 unspecified atom stereocenters. The van der Waals surface area contributed by atoms with Crippen LogP contribution in [0.4, 0.5) is 5.69 Å². The van der Waals surface area contributed by atoms with Gasteiger partial charge in [-0.2, -0.15) is 0 Å². The fourth-order valence-corrected chi connectivity index (χ4v) is 1.82. The van der Waals surface area contributed by atoms with Gasteiger partial charge >= 0.3 is 5.97 Å².